The lowest BCUT2D eigenvalue weighted by atomic mass is 9.95. The second-order valence-electron chi connectivity index (χ2n) is 16.1. The molecule has 0 amide bonds. The molecule has 0 atom stereocenters. The molecule has 0 fully saturated rings. The van der Waals surface area contributed by atoms with Crippen molar-refractivity contribution in [2.75, 3.05) is 4.90 Å². The van der Waals surface area contributed by atoms with E-state index in [1.165, 1.54) is 65.5 Å². The van der Waals surface area contributed by atoms with Crippen molar-refractivity contribution in [1.29, 1.82) is 0 Å². The molecule has 13 rings (SSSR count). The quantitative estimate of drug-likeness (QED) is 0.168. The molecule has 0 saturated carbocycles. The summed E-state index contributed by atoms with van der Waals surface area (Å²) < 4.78 is 11.1. The van der Waals surface area contributed by atoms with Gasteiger partial charge in [-0.3, -0.25) is 0 Å². The number of nitrogens with zero attached hydrogens (tertiary/aromatic N) is 3. The van der Waals surface area contributed by atoms with Crippen molar-refractivity contribution in [1.82, 2.24) is 9.13 Å². The van der Waals surface area contributed by atoms with E-state index in [0.29, 0.717) is 0 Å². The van der Waals surface area contributed by atoms with E-state index >= 15 is 0 Å². The van der Waals surface area contributed by atoms with Crippen molar-refractivity contribution in [3.8, 4) is 22.5 Å². The molecule has 62 heavy (non-hydrogen) atoms. The van der Waals surface area contributed by atoms with Gasteiger partial charge in [0.15, 0.2) is 0 Å². The first-order chi connectivity index (χ1) is 30.8. The van der Waals surface area contributed by atoms with Gasteiger partial charge in [-0.05, 0) is 114 Å². The molecule has 290 valence electrons. The van der Waals surface area contributed by atoms with Crippen LogP contribution in [-0.2, 0) is 0 Å². The van der Waals surface area contributed by atoms with E-state index in [9.17, 15) is 0 Å². The Morgan fingerprint density at radius 1 is 0.306 bits per heavy atom. The van der Waals surface area contributed by atoms with Crippen LogP contribution in [0.1, 0.15) is 0 Å². The Hall–Kier alpha value is -8.34. The molecule has 0 aliphatic heterocycles. The Morgan fingerprint density at radius 3 is 1.52 bits per heavy atom. The maximum absolute atomic E-state index is 6.32. The van der Waals surface area contributed by atoms with Crippen molar-refractivity contribution in [3.63, 3.8) is 0 Å². The molecule has 0 radical (unpaired) electrons. The molecule has 0 aliphatic carbocycles. The van der Waals surface area contributed by atoms with Gasteiger partial charge in [-0.2, -0.15) is 0 Å². The second kappa shape index (κ2) is 13.6. The molecule has 4 nitrogen and oxygen atoms in total. The first-order valence-electron chi connectivity index (χ1n) is 21.2. The van der Waals surface area contributed by atoms with Crippen LogP contribution in [0.3, 0.4) is 0 Å². The smallest absolute Gasteiger partial charge is 0.135 e. The Morgan fingerprint density at radius 2 is 0.823 bits per heavy atom. The fourth-order valence-corrected chi connectivity index (χ4v) is 9.96. The van der Waals surface area contributed by atoms with Gasteiger partial charge in [-0.25, -0.2) is 0 Å². The van der Waals surface area contributed by atoms with Gasteiger partial charge in [0.1, 0.15) is 11.2 Å². The summed E-state index contributed by atoms with van der Waals surface area (Å²) in [5, 5.41) is 9.54. The van der Waals surface area contributed by atoms with Crippen LogP contribution in [0.25, 0.3) is 98.8 Å². The molecule has 10 aromatic carbocycles. The topological polar surface area (TPSA) is 26.2 Å². The number of para-hydroxylation sites is 5. The van der Waals surface area contributed by atoms with Crippen LogP contribution in [-0.4, -0.2) is 9.13 Å². The van der Waals surface area contributed by atoms with E-state index in [4.69, 9.17) is 4.42 Å². The van der Waals surface area contributed by atoms with Crippen molar-refractivity contribution in [2.45, 2.75) is 0 Å². The van der Waals surface area contributed by atoms with Crippen molar-refractivity contribution in [3.05, 3.63) is 224 Å². The molecule has 3 heterocycles. The first-order valence-corrected chi connectivity index (χ1v) is 21.2. The van der Waals surface area contributed by atoms with E-state index in [0.717, 1.165) is 50.4 Å². The van der Waals surface area contributed by atoms with Crippen molar-refractivity contribution >= 4 is 93.4 Å². The van der Waals surface area contributed by atoms with Crippen LogP contribution >= 0.6 is 0 Å². The highest BCUT2D eigenvalue weighted by Crippen LogP contribution is 2.45. The van der Waals surface area contributed by atoms with Crippen LogP contribution in [0.15, 0.2) is 229 Å². The fourth-order valence-electron chi connectivity index (χ4n) is 9.96. The SMILES string of the molecule is c1ccc(-n2c3ccccc3c3cc(-c4ccc(N(c5ccc(-n6c7ccccc7c7ccccc76)cc5)c5ccc6oc7ccccc7c6c5)c5ccccc45)ccc32)cc1. The van der Waals surface area contributed by atoms with Gasteiger partial charge in [0.05, 0.1) is 27.8 Å². The average molecular weight is 792 g/mol. The Labute approximate surface area is 357 Å². The summed E-state index contributed by atoms with van der Waals surface area (Å²) in [4.78, 5) is 2.40. The van der Waals surface area contributed by atoms with Crippen LogP contribution in [0.2, 0.25) is 0 Å². The van der Waals surface area contributed by atoms with E-state index in [-0.39, 0.29) is 0 Å². The van der Waals surface area contributed by atoms with Gasteiger partial charge in [-0.1, -0.05) is 127 Å². The normalized spacial score (nSPS) is 11.9. The molecule has 4 heteroatoms. The minimum atomic E-state index is 0.876. The van der Waals surface area contributed by atoms with Gasteiger partial charge < -0.3 is 18.5 Å². The van der Waals surface area contributed by atoms with Crippen LogP contribution in [0, 0.1) is 0 Å². The first kappa shape index (κ1) is 34.5. The number of fused-ring (bicyclic) bond motifs is 10. The lowest BCUT2D eigenvalue weighted by Gasteiger charge is -2.28. The number of benzene rings is 10. The minimum Gasteiger partial charge on any atom is -0.456 e. The van der Waals surface area contributed by atoms with Crippen LogP contribution < -0.4 is 4.90 Å². The minimum absolute atomic E-state index is 0.876. The summed E-state index contributed by atoms with van der Waals surface area (Å²) in [5.41, 5.74) is 14.4. The number of aromatic nitrogens is 2. The van der Waals surface area contributed by atoms with E-state index < -0.39 is 0 Å². The third kappa shape index (κ3) is 5.20. The summed E-state index contributed by atoms with van der Waals surface area (Å²) in [7, 11) is 0. The highest BCUT2D eigenvalue weighted by Gasteiger charge is 2.21. The van der Waals surface area contributed by atoms with Crippen molar-refractivity contribution < 1.29 is 4.42 Å². The summed E-state index contributed by atoms with van der Waals surface area (Å²) in [6, 6.07) is 81.1. The number of hydrogen-bond acceptors (Lipinski definition) is 2. The number of anilines is 3. The zero-order chi connectivity index (χ0) is 40.7. The molecule has 0 spiro atoms. The van der Waals surface area contributed by atoms with Crippen LogP contribution in [0.5, 0.6) is 0 Å². The molecule has 3 aromatic heterocycles. The lowest BCUT2D eigenvalue weighted by Crippen LogP contribution is -2.11. The summed E-state index contributed by atoms with van der Waals surface area (Å²) in [6.07, 6.45) is 0. The van der Waals surface area contributed by atoms with E-state index in [1.807, 2.05) is 12.1 Å². The number of rotatable bonds is 6. The molecule has 0 N–H and O–H groups in total. The molecular formula is C58H37N3O. The highest BCUT2D eigenvalue weighted by molar-refractivity contribution is 6.14. The average Bonchev–Trinajstić information content (AvgIpc) is 4.00. The van der Waals surface area contributed by atoms with E-state index in [2.05, 4.69) is 226 Å². The zero-order valence-electron chi connectivity index (χ0n) is 33.6. The molecule has 0 saturated heterocycles. The Bertz CT molecular complexity index is 3820. The number of furan rings is 1. The van der Waals surface area contributed by atoms with Gasteiger partial charge in [0.25, 0.3) is 0 Å². The predicted molar refractivity (Wildman–Crippen MR) is 260 cm³/mol. The standard InChI is InChI=1S/C58H37N3O/c1-2-14-39(15-3-1)60-54-24-12-8-20-48(54)50-36-38(26-33-56(50)60)43-32-34-55(45-17-5-4-16-44(43)45)59(42-31-35-58-51(37-42)49-21-9-13-25-57(49)62-58)40-27-29-41(30-28-40)61-52-22-10-6-18-46(52)47-19-7-11-23-53(47)61/h1-37H. The van der Waals surface area contributed by atoms with E-state index in [1.54, 1.807) is 0 Å². The Kier molecular flexibility index (Phi) is 7.57. The second-order valence-corrected chi connectivity index (χ2v) is 16.1. The Balaban J connectivity index is 1.000. The monoisotopic (exact) mass is 791 g/mol. The highest BCUT2D eigenvalue weighted by atomic mass is 16.3. The molecule has 13 aromatic rings. The maximum atomic E-state index is 6.32. The van der Waals surface area contributed by atoms with Gasteiger partial charge in [-0.15, -0.1) is 0 Å². The molecule has 0 unspecified atom stereocenters. The predicted octanol–water partition coefficient (Wildman–Crippen LogP) is 16.1. The maximum Gasteiger partial charge on any atom is 0.135 e. The largest absolute Gasteiger partial charge is 0.456 e. The van der Waals surface area contributed by atoms with Gasteiger partial charge in [0.2, 0.25) is 0 Å². The van der Waals surface area contributed by atoms with Crippen LogP contribution in [0.4, 0.5) is 17.1 Å². The fraction of sp³-hybridized carbons (Fsp3) is 0. The molecular weight excluding hydrogens is 755 g/mol. The summed E-state index contributed by atoms with van der Waals surface area (Å²) in [5.74, 6) is 0. The number of hydrogen-bond donors (Lipinski definition) is 0. The third-order valence-electron chi connectivity index (χ3n) is 12.7. The molecule has 0 aliphatic rings. The summed E-state index contributed by atoms with van der Waals surface area (Å²) in [6.45, 7) is 0. The van der Waals surface area contributed by atoms with Crippen molar-refractivity contribution in [2.24, 2.45) is 0 Å². The summed E-state index contributed by atoms with van der Waals surface area (Å²) >= 11 is 0. The lowest BCUT2D eigenvalue weighted by molar-refractivity contribution is 0.669. The third-order valence-corrected chi connectivity index (χ3v) is 12.7. The van der Waals surface area contributed by atoms with Gasteiger partial charge in [0, 0.05) is 60.5 Å². The molecule has 0 bridgehead atoms. The van der Waals surface area contributed by atoms with Gasteiger partial charge >= 0.3 is 0 Å². The zero-order valence-corrected chi connectivity index (χ0v) is 33.6.